The van der Waals surface area contributed by atoms with Crippen molar-refractivity contribution in [1.29, 1.82) is 0 Å². The number of carbonyl (C=O) groups excluding carboxylic acids is 1. The molecule has 1 heterocycles. The van der Waals surface area contributed by atoms with Crippen LogP contribution in [0, 0.1) is 5.92 Å². The molecule has 1 fully saturated rings. The highest BCUT2D eigenvalue weighted by Gasteiger charge is 2.23. The van der Waals surface area contributed by atoms with Crippen molar-refractivity contribution in [3.8, 4) is 0 Å². The number of aromatic nitrogens is 3. The fraction of sp³-hybridized carbons (Fsp3) is 0.600. The molecular formula is C10H15N5O3. The summed E-state index contributed by atoms with van der Waals surface area (Å²) in [6.07, 6.45) is 2.31. The molecule has 0 aliphatic heterocycles. The number of hydrogen-bond donors (Lipinski definition) is 3. The van der Waals surface area contributed by atoms with Gasteiger partial charge in [0.05, 0.1) is 5.69 Å². The Morgan fingerprint density at radius 2 is 2.22 bits per heavy atom. The lowest BCUT2D eigenvalue weighted by Crippen LogP contribution is -2.30. The molecule has 0 spiro atoms. The lowest BCUT2D eigenvalue weighted by atomic mass is 10.3. The molecule has 98 valence electrons. The second kappa shape index (κ2) is 5.13. The topological polar surface area (TPSA) is 123 Å². The first kappa shape index (κ1) is 12.5. The summed E-state index contributed by atoms with van der Waals surface area (Å²) in [5.74, 6) is -0.813. The maximum Gasteiger partial charge on any atom is 0.358 e. The van der Waals surface area contributed by atoms with Crippen LogP contribution in [0.25, 0.3) is 0 Å². The minimum absolute atomic E-state index is 0.0233. The number of nitrogens with one attached hydrogen (secondary N) is 1. The predicted molar refractivity (Wildman–Crippen MR) is 60.6 cm³/mol. The van der Waals surface area contributed by atoms with Crippen LogP contribution in [-0.2, 0) is 17.9 Å². The molecule has 8 nitrogen and oxygen atoms in total. The van der Waals surface area contributed by atoms with E-state index in [0.717, 1.165) is 12.8 Å². The van der Waals surface area contributed by atoms with Crippen molar-refractivity contribution in [2.45, 2.75) is 25.9 Å². The largest absolute Gasteiger partial charge is 0.476 e. The Morgan fingerprint density at radius 3 is 2.78 bits per heavy atom. The second-order valence-electron chi connectivity index (χ2n) is 4.30. The minimum Gasteiger partial charge on any atom is -0.476 e. The molecule has 0 unspecified atom stereocenters. The smallest absolute Gasteiger partial charge is 0.358 e. The quantitative estimate of drug-likeness (QED) is 0.595. The van der Waals surface area contributed by atoms with Crippen molar-refractivity contribution in [2.75, 3.05) is 6.54 Å². The Labute approximate surface area is 103 Å². The van der Waals surface area contributed by atoms with Crippen LogP contribution in [0.4, 0.5) is 0 Å². The van der Waals surface area contributed by atoms with Crippen LogP contribution < -0.4 is 11.1 Å². The van der Waals surface area contributed by atoms with Crippen LogP contribution in [0.1, 0.15) is 29.0 Å². The summed E-state index contributed by atoms with van der Waals surface area (Å²) in [5, 5.41) is 18.8. The average molecular weight is 253 g/mol. The van der Waals surface area contributed by atoms with Gasteiger partial charge in [-0.2, -0.15) is 0 Å². The maximum absolute atomic E-state index is 11.6. The van der Waals surface area contributed by atoms with Crippen molar-refractivity contribution in [2.24, 2.45) is 11.7 Å². The van der Waals surface area contributed by atoms with Crippen molar-refractivity contribution in [3.05, 3.63) is 11.4 Å². The molecule has 0 radical (unpaired) electrons. The van der Waals surface area contributed by atoms with Gasteiger partial charge in [-0.25, -0.2) is 9.48 Å². The zero-order chi connectivity index (χ0) is 13.1. The average Bonchev–Trinajstić information content (AvgIpc) is 3.07. The molecule has 1 aromatic rings. The summed E-state index contributed by atoms with van der Waals surface area (Å²) < 4.78 is 1.23. The van der Waals surface area contributed by atoms with Gasteiger partial charge in [-0.3, -0.25) is 4.79 Å². The summed E-state index contributed by atoms with van der Waals surface area (Å²) in [6.45, 7) is 0.585. The molecule has 1 amide bonds. The number of nitrogens with two attached hydrogens (primary N) is 1. The number of carboxylic acid groups (broad SMARTS) is 1. The van der Waals surface area contributed by atoms with Gasteiger partial charge in [0.2, 0.25) is 5.91 Å². The summed E-state index contributed by atoms with van der Waals surface area (Å²) >= 11 is 0. The van der Waals surface area contributed by atoms with E-state index in [9.17, 15) is 9.59 Å². The van der Waals surface area contributed by atoms with Crippen LogP contribution in [0.15, 0.2) is 0 Å². The molecule has 1 aliphatic rings. The van der Waals surface area contributed by atoms with Crippen LogP contribution in [0.2, 0.25) is 0 Å². The molecule has 1 aromatic heterocycles. The van der Waals surface area contributed by atoms with Crippen LogP contribution in [0.5, 0.6) is 0 Å². The Balaban J connectivity index is 1.98. The Kier molecular flexibility index (Phi) is 3.56. The van der Waals surface area contributed by atoms with Gasteiger partial charge in [-0.15, -0.1) is 5.10 Å². The number of carbonyl (C=O) groups is 2. The zero-order valence-corrected chi connectivity index (χ0v) is 9.80. The van der Waals surface area contributed by atoms with Crippen LogP contribution >= 0.6 is 0 Å². The van der Waals surface area contributed by atoms with E-state index in [1.54, 1.807) is 0 Å². The molecule has 1 aliphatic carbocycles. The van der Waals surface area contributed by atoms with E-state index in [4.69, 9.17) is 10.8 Å². The number of aromatic carboxylic acids is 1. The van der Waals surface area contributed by atoms with E-state index in [1.807, 2.05) is 0 Å². The van der Waals surface area contributed by atoms with Crippen molar-refractivity contribution >= 4 is 11.9 Å². The molecule has 0 aromatic carbocycles. The number of hydrogen-bond acceptors (Lipinski definition) is 5. The third-order valence-electron chi connectivity index (χ3n) is 2.81. The van der Waals surface area contributed by atoms with Gasteiger partial charge in [0, 0.05) is 13.1 Å². The summed E-state index contributed by atoms with van der Waals surface area (Å²) in [7, 11) is 0. The molecule has 0 saturated heterocycles. The second-order valence-corrected chi connectivity index (χ2v) is 4.30. The van der Waals surface area contributed by atoms with Crippen LogP contribution in [-0.4, -0.2) is 38.5 Å². The summed E-state index contributed by atoms with van der Waals surface area (Å²) in [5.41, 5.74) is 5.50. The van der Waals surface area contributed by atoms with E-state index < -0.39 is 5.97 Å². The molecule has 8 heteroatoms. The fourth-order valence-corrected chi connectivity index (χ4v) is 1.60. The summed E-state index contributed by atoms with van der Waals surface area (Å²) in [4.78, 5) is 22.4. The molecule has 2 rings (SSSR count). The lowest BCUT2D eigenvalue weighted by molar-refractivity contribution is -0.121. The minimum atomic E-state index is -1.19. The maximum atomic E-state index is 11.6. The Bertz CT molecular complexity index is 466. The van der Waals surface area contributed by atoms with Crippen molar-refractivity contribution in [3.63, 3.8) is 0 Å². The standard InChI is InChI=1S/C10H15N5O3/c11-3-7-9(10(17)18)13-14-15(7)5-8(16)12-4-6-1-2-6/h6H,1-5,11H2,(H,12,16)(H,17,18). The van der Waals surface area contributed by atoms with Gasteiger partial charge in [-0.1, -0.05) is 5.21 Å². The van der Waals surface area contributed by atoms with E-state index in [1.165, 1.54) is 4.68 Å². The zero-order valence-electron chi connectivity index (χ0n) is 9.80. The number of nitrogens with zero attached hydrogens (tertiary/aromatic N) is 3. The number of rotatable bonds is 6. The van der Waals surface area contributed by atoms with Gasteiger partial charge in [0.1, 0.15) is 6.54 Å². The lowest BCUT2D eigenvalue weighted by Gasteiger charge is -2.06. The highest BCUT2D eigenvalue weighted by Crippen LogP contribution is 2.27. The molecule has 0 atom stereocenters. The molecule has 0 bridgehead atoms. The van der Waals surface area contributed by atoms with E-state index in [0.29, 0.717) is 12.5 Å². The molecular weight excluding hydrogens is 238 g/mol. The van der Waals surface area contributed by atoms with E-state index >= 15 is 0 Å². The van der Waals surface area contributed by atoms with Gasteiger partial charge < -0.3 is 16.2 Å². The highest BCUT2D eigenvalue weighted by molar-refractivity contribution is 5.86. The Hall–Kier alpha value is -1.96. The third-order valence-corrected chi connectivity index (χ3v) is 2.81. The first-order valence-corrected chi connectivity index (χ1v) is 5.74. The molecule has 1 saturated carbocycles. The molecule has 4 N–H and O–H groups in total. The van der Waals surface area contributed by atoms with Gasteiger partial charge in [0.15, 0.2) is 5.69 Å². The third kappa shape index (κ3) is 2.83. The van der Waals surface area contributed by atoms with Gasteiger partial charge in [-0.05, 0) is 18.8 Å². The SMILES string of the molecule is NCc1c(C(=O)O)nnn1CC(=O)NCC1CC1. The highest BCUT2D eigenvalue weighted by atomic mass is 16.4. The fourth-order valence-electron chi connectivity index (χ4n) is 1.60. The van der Waals surface area contributed by atoms with Crippen molar-refractivity contribution < 1.29 is 14.7 Å². The summed E-state index contributed by atoms with van der Waals surface area (Å²) in [6, 6.07) is 0. The van der Waals surface area contributed by atoms with E-state index in [-0.39, 0.29) is 30.4 Å². The van der Waals surface area contributed by atoms with Gasteiger partial charge in [0.25, 0.3) is 0 Å². The first-order valence-electron chi connectivity index (χ1n) is 5.74. The predicted octanol–water partition coefficient (Wildman–Crippen LogP) is -1.04. The van der Waals surface area contributed by atoms with Gasteiger partial charge >= 0.3 is 5.97 Å². The van der Waals surface area contributed by atoms with E-state index in [2.05, 4.69) is 15.6 Å². The molecule has 18 heavy (non-hydrogen) atoms. The Morgan fingerprint density at radius 1 is 1.50 bits per heavy atom. The number of carboxylic acids is 1. The first-order chi connectivity index (χ1) is 8.61. The number of amides is 1. The van der Waals surface area contributed by atoms with Crippen LogP contribution in [0.3, 0.4) is 0 Å². The van der Waals surface area contributed by atoms with Crippen molar-refractivity contribution in [1.82, 2.24) is 20.3 Å². The monoisotopic (exact) mass is 253 g/mol. The normalized spacial score (nSPS) is 14.5.